The van der Waals surface area contributed by atoms with Crippen LogP contribution >= 0.6 is 0 Å². The van der Waals surface area contributed by atoms with E-state index in [4.69, 9.17) is 9.97 Å². The van der Waals surface area contributed by atoms with Crippen molar-refractivity contribution >= 4 is 22.8 Å². The summed E-state index contributed by atoms with van der Waals surface area (Å²) in [6, 6.07) is 13.0. The van der Waals surface area contributed by atoms with Crippen LogP contribution in [0.5, 0.6) is 5.75 Å². The third-order valence-corrected chi connectivity index (χ3v) is 5.73. The molecule has 0 radical (unpaired) electrons. The van der Waals surface area contributed by atoms with Gasteiger partial charge in [0.15, 0.2) is 5.82 Å². The summed E-state index contributed by atoms with van der Waals surface area (Å²) >= 11 is 0. The van der Waals surface area contributed by atoms with E-state index >= 15 is 0 Å². The molecule has 0 spiro atoms. The molecule has 2 N–H and O–H groups in total. The molecular formula is C24H28N4O3. The summed E-state index contributed by atoms with van der Waals surface area (Å²) in [5.41, 5.74) is 1.98. The molecular weight excluding hydrogens is 392 g/mol. The van der Waals surface area contributed by atoms with Crippen LogP contribution in [0.2, 0.25) is 0 Å². The van der Waals surface area contributed by atoms with E-state index in [9.17, 15) is 15.0 Å². The second-order valence-corrected chi connectivity index (χ2v) is 9.12. The minimum absolute atomic E-state index is 0.124. The van der Waals surface area contributed by atoms with Gasteiger partial charge in [0.1, 0.15) is 11.6 Å². The Kier molecular flexibility index (Phi) is 5.21. The number of rotatable bonds is 3. The van der Waals surface area contributed by atoms with E-state index in [1.165, 1.54) is 0 Å². The van der Waals surface area contributed by atoms with Gasteiger partial charge in [-0.15, -0.1) is 0 Å². The molecule has 31 heavy (non-hydrogen) atoms. The molecule has 1 amide bonds. The van der Waals surface area contributed by atoms with Gasteiger partial charge in [0.05, 0.1) is 17.1 Å². The molecule has 0 aliphatic carbocycles. The van der Waals surface area contributed by atoms with Gasteiger partial charge in [0.2, 0.25) is 0 Å². The Morgan fingerprint density at radius 3 is 2.58 bits per heavy atom. The molecule has 0 unspecified atom stereocenters. The lowest BCUT2D eigenvalue weighted by Crippen LogP contribution is -2.52. The summed E-state index contributed by atoms with van der Waals surface area (Å²) in [4.78, 5) is 25.2. The molecule has 162 valence electrons. The summed E-state index contributed by atoms with van der Waals surface area (Å²) in [6.07, 6.45) is -0.176. The lowest BCUT2D eigenvalue weighted by atomic mass is 10.0. The van der Waals surface area contributed by atoms with E-state index in [0.717, 1.165) is 28.7 Å². The van der Waals surface area contributed by atoms with Crippen molar-refractivity contribution < 1.29 is 15.0 Å². The van der Waals surface area contributed by atoms with Gasteiger partial charge in [-0.3, -0.25) is 4.90 Å². The summed E-state index contributed by atoms with van der Waals surface area (Å²) in [7, 11) is 0. The van der Waals surface area contributed by atoms with Crippen LogP contribution in [0.15, 0.2) is 42.5 Å². The van der Waals surface area contributed by atoms with Crippen molar-refractivity contribution in [2.24, 2.45) is 0 Å². The number of hydrogen-bond acceptors (Lipinski definition) is 5. The molecule has 0 bridgehead atoms. The number of benzene rings is 2. The van der Waals surface area contributed by atoms with Crippen molar-refractivity contribution in [3.63, 3.8) is 0 Å². The van der Waals surface area contributed by atoms with E-state index in [1.807, 2.05) is 52.0 Å². The second-order valence-electron chi connectivity index (χ2n) is 9.12. The van der Waals surface area contributed by atoms with Gasteiger partial charge in [-0.2, -0.15) is 0 Å². The number of para-hydroxylation sites is 1. The first-order chi connectivity index (χ1) is 14.6. The number of anilines is 1. The van der Waals surface area contributed by atoms with E-state index < -0.39 is 11.6 Å². The molecule has 3 aromatic rings. The average Bonchev–Trinajstić information content (AvgIpc) is 3.14. The lowest BCUT2D eigenvalue weighted by Gasteiger charge is -2.38. The number of carboxylic acid groups (broad SMARTS) is 1. The number of amides is 1. The Bertz CT molecular complexity index is 1140. The van der Waals surface area contributed by atoms with Crippen molar-refractivity contribution in [3.8, 4) is 17.1 Å². The zero-order chi connectivity index (χ0) is 22.3. The van der Waals surface area contributed by atoms with E-state index in [0.29, 0.717) is 24.5 Å². The highest BCUT2D eigenvalue weighted by atomic mass is 16.4. The Balaban J connectivity index is 1.79. The minimum Gasteiger partial charge on any atom is -0.507 e. The van der Waals surface area contributed by atoms with Crippen LogP contribution in [0.4, 0.5) is 10.6 Å². The highest BCUT2D eigenvalue weighted by Gasteiger charge is 2.38. The van der Waals surface area contributed by atoms with Crippen LogP contribution in [0.25, 0.3) is 22.3 Å². The monoisotopic (exact) mass is 420 g/mol. The molecule has 7 nitrogen and oxygen atoms in total. The number of fused-ring (bicyclic) bond motifs is 1. The predicted molar refractivity (Wildman–Crippen MR) is 122 cm³/mol. The number of aromatic nitrogens is 2. The Morgan fingerprint density at radius 1 is 1.16 bits per heavy atom. The molecule has 1 fully saturated rings. The smallest absolute Gasteiger partial charge is 0.408 e. The highest BCUT2D eigenvalue weighted by molar-refractivity contribution is 5.92. The SMILES string of the molecule is Cc1ccc2c(N3CC[C@H](N(C(=O)O)C(C)(C)C)C3)nc(-c3ccccc3O)nc2c1. The van der Waals surface area contributed by atoms with Gasteiger partial charge in [0, 0.05) is 24.0 Å². The maximum absolute atomic E-state index is 12.0. The van der Waals surface area contributed by atoms with Gasteiger partial charge < -0.3 is 15.1 Å². The third-order valence-electron chi connectivity index (χ3n) is 5.73. The van der Waals surface area contributed by atoms with Crippen LogP contribution < -0.4 is 4.90 Å². The van der Waals surface area contributed by atoms with E-state index in [1.54, 1.807) is 23.1 Å². The van der Waals surface area contributed by atoms with Crippen molar-refractivity contribution in [1.82, 2.24) is 14.9 Å². The van der Waals surface area contributed by atoms with Crippen molar-refractivity contribution in [2.75, 3.05) is 18.0 Å². The molecule has 2 aromatic carbocycles. The number of aryl methyl sites for hydroxylation is 1. The Morgan fingerprint density at radius 2 is 1.90 bits per heavy atom. The fourth-order valence-electron chi connectivity index (χ4n) is 4.38. The quantitative estimate of drug-likeness (QED) is 0.640. The number of phenolic OH excluding ortho intramolecular Hbond substituents is 1. The van der Waals surface area contributed by atoms with Crippen LogP contribution in [-0.4, -0.2) is 55.8 Å². The molecule has 1 saturated heterocycles. The molecule has 1 atom stereocenters. The maximum atomic E-state index is 12.0. The fraction of sp³-hybridized carbons (Fsp3) is 0.375. The van der Waals surface area contributed by atoms with Crippen LogP contribution in [-0.2, 0) is 0 Å². The van der Waals surface area contributed by atoms with Crippen molar-refractivity contribution in [3.05, 3.63) is 48.0 Å². The van der Waals surface area contributed by atoms with Gasteiger partial charge in [-0.25, -0.2) is 14.8 Å². The van der Waals surface area contributed by atoms with Crippen molar-refractivity contribution in [2.45, 2.75) is 45.7 Å². The standard InChI is InChI=1S/C24H28N4O3/c1-15-9-10-17-19(13-15)25-21(18-7-5-6-8-20(18)29)26-22(17)27-12-11-16(14-27)28(23(30)31)24(2,3)4/h5-10,13,16,29H,11-12,14H2,1-4H3,(H,30,31)/t16-/m0/s1. The maximum Gasteiger partial charge on any atom is 0.408 e. The molecule has 1 aliphatic heterocycles. The molecule has 4 rings (SSSR count). The van der Waals surface area contributed by atoms with Crippen LogP contribution in [0, 0.1) is 6.92 Å². The van der Waals surface area contributed by atoms with Crippen LogP contribution in [0.1, 0.15) is 32.8 Å². The summed E-state index contributed by atoms with van der Waals surface area (Å²) < 4.78 is 0. The van der Waals surface area contributed by atoms with Gasteiger partial charge in [-0.05, 0) is 63.9 Å². The summed E-state index contributed by atoms with van der Waals surface area (Å²) in [5.74, 6) is 1.36. The van der Waals surface area contributed by atoms with E-state index in [2.05, 4.69) is 4.90 Å². The number of carbonyl (C=O) groups is 1. The zero-order valence-corrected chi connectivity index (χ0v) is 18.3. The topological polar surface area (TPSA) is 89.8 Å². The Labute approximate surface area is 182 Å². The average molecular weight is 421 g/mol. The third kappa shape index (κ3) is 4.00. The van der Waals surface area contributed by atoms with E-state index in [-0.39, 0.29) is 11.8 Å². The first kappa shape index (κ1) is 20.9. The summed E-state index contributed by atoms with van der Waals surface area (Å²) in [5, 5.41) is 21.1. The van der Waals surface area contributed by atoms with Crippen molar-refractivity contribution in [1.29, 1.82) is 0 Å². The molecule has 2 heterocycles. The molecule has 1 aromatic heterocycles. The van der Waals surface area contributed by atoms with Crippen LogP contribution in [0.3, 0.4) is 0 Å². The number of nitrogens with zero attached hydrogens (tertiary/aromatic N) is 4. The zero-order valence-electron chi connectivity index (χ0n) is 18.3. The Hall–Kier alpha value is -3.35. The predicted octanol–water partition coefficient (Wildman–Crippen LogP) is 4.67. The first-order valence-electron chi connectivity index (χ1n) is 10.5. The normalized spacial score (nSPS) is 16.6. The van der Waals surface area contributed by atoms with Gasteiger partial charge in [0.25, 0.3) is 0 Å². The fourth-order valence-corrected chi connectivity index (χ4v) is 4.38. The molecule has 0 saturated carbocycles. The number of aromatic hydroxyl groups is 1. The number of phenols is 1. The lowest BCUT2D eigenvalue weighted by molar-refractivity contribution is 0.0763. The highest BCUT2D eigenvalue weighted by Crippen LogP contribution is 2.34. The largest absolute Gasteiger partial charge is 0.507 e. The minimum atomic E-state index is -0.905. The van der Waals surface area contributed by atoms with Gasteiger partial charge in [-0.1, -0.05) is 18.2 Å². The molecule has 7 heteroatoms. The van der Waals surface area contributed by atoms with Gasteiger partial charge >= 0.3 is 6.09 Å². The number of hydrogen-bond donors (Lipinski definition) is 2. The summed E-state index contributed by atoms with van der Waals surface area (Å²) in [6.45, 7) is 9.03. The first-order valence-corrected chi connectivity index (χ1v) is 10.5. The molecule has 1 aliphatic rings. The second kappa shape index (κ2) is 7.72.